The number of nitriles is 1. The van der Waals surface area contributed by atoms with Crippen molar-refractivity contribution in [1.82, 2.24) is 20.0 Å². The zero-order valence-corrected chi connectivity index (χ0v) is 21.6. The number of carbonyl (C=O) groups is 3. The molecule has 0 spiro atoms. The van der Waals surface area contributed by atoms with E-state index in [0.717, 1.165) is 30.4 Å². The second-order valence-electron chi connectivity index (χ2n) is 11.5. The third kappa shape index (κ3) is 4.89. The normalized spacial score (nSPS) is 27.8. The van der Waals surface area contributed by atoms with E-state index in [2.05, 4.69) is 11.4 Å². The minimum Gasteiger partial charge on any atom is -0.444 e. The Morgan fingerprint density at radius 2 is 2.05 bits per heavy atom. The first-order chi connectivity index (χ1) is 17.6. The molecule has 3 saturated heterocycles. The molecule has 0 unspecified atom stereocenters. The van der Waals surface area contributed by atoms with E-state index in [-0.39, 0.29) is 42.3 Å². The maximum absolute atomic E-state index is 13.7. The molecule has 5 atom stereocenters. The number of rotatable bonds is 5. The Hall–Kier alpha value is -3.19. The summed E-state index contributed by atoms with van der Waals surface area (Å²) >= 11 is 0. The highest BCUT2D eigenvalue weighted by atomic mass is 19.1. The van der Waals surface area contributed by atoms with Gasteiger partial charge in [-0.2, -0.15) is 5.26 Å². The molecule has 0 saturated carbocycles. The molecule has 0 aromatic heterocycles. The molecular formula is C27H34FN5O4. The highest BCUT2D eigenvalue weighted by molar-refractivity contribution is 5.88. The van der Waals surface area contributed by atoms with Crippen LogP contribution in [-0.4, -0.2) is 82.0 Å². The van der Waals surface area contributed by atoms with Crippen LogP contribution >= 0.6 is 0 Å². The van der Waals surface area contributed by atoms with Crippen molar-refractivity contribution >= 4 is 17.9 Å². The molecule has 3 amide bonds. The molecule has 1 aromatic rings. The Balaban J connectivity index is 1.30. The van der Waals surface area contributed by atoms with E-state index in [1.165, 1.54) is 11.0 Å². The fourth-order valence-electron chi connectivity index (χ4n) is 6.39. The highest BCUT2D eigenvalue weighted by Crippen LogP contribution is 2.44. The van der Waals surface area contributed by atoms with Crippen LogP contribution < -0.4 is 5.32 Å². The van der Waals surface area contributed by atoms with Gasteiger partial charge >= 0.3 is 6.09 Å². The molecule has 37 heavy (non-hydrogen) atoms. The quantitative estimate of drug-likeness (QED) is 0.651. The van der Waals surface area contributed by atoms with Gasteiger partial charge in [-0.25, -0.2) is 9.18 Å². The highest BCUT2D eigenvalue weighted by Gasteiger charge is 2.53. The van der Waals surface area contributed by atoms with E-state index in [1.807, 2.05) is 9.80 Å². The van der Waals surface area contributed by atoms with Gasteiger partial charge in [0.25, 0.3) is 0 Å². The number of fused-ring (bicyclic) bond motifs is 3. The van der Waals surface area contributed by atoms with E-state index >= 15 is 0 Å². The summed E-state index contributed by atoms with van der Waals surface area (Å²) in [6.45, 7) is 6.46. The first-order valence-electron chi connectivity index (χ1n) is 13.1. The molecule has 4 aliphatic rings. The summed E-state index contributed by atoms with van der Waals surface area (Å²) in [5, 5.41) is 12.2. The smallest absolute Gasteiger partial charge is 0.408 e. The van der Waals surface area contributed by atoms with Gasteiger partial charge < -0.3 is 19.9 Å². The number of aryl methyl sites for hydroxylation is 1. The van der Waals surface area contributed by atoms with Crippen LogP contribution in [0.2, 0.25) is 0 Å². The lowest BCUT2D eigenvalue weighted by atomic mass is 10.1. The number of ether oxygens (including phenoxy) is 1. The van der Waals surface area contributed by atoms with Crippen LogP contribution in [0.25, 0.3) is 0 Å². The van der Waals surface area contributed by atoms with Gasteiger partial charge in [0.2, 0.25) is 11.8 Å². The molecule has 5 rings (SSSR count). The first-order valence-corrected chi connectivity index (χ1v) is 13.1. The Morgan fingerprint density at radius 1 is 1.27 bits per heavy atom. The standard InChI is InChI=1S/C27H34FN5O4/c1-27(2,3)37-26(36)30-21(24(34)32-10-4-5-18(32)13-29)15-31-14-19-12-23(31)25(35)33(19)22-9-6-16-11-17(28)7-8-20(16)22/h7-8,11,18-19,21-23H,4-6,9-10,12,14-15H2,1-3H3,(H,30,36)/t18-,19+,21-,22-,23+/m0/s1. The monoisotopic (exact) mass is 511 g/mol. The minimum atomic E-state index is -0.931. The number of hydrogen-bond acceptors (Lipinski definition) is 6. The second-order valence-corrected chi connectivity index (χ2v) is 11.5. The molecule has 3 aliphatic heterocycles. The molecule has 10 heteroatoms. The molecule has 1 aliphatic carbocycles. The van der Waals surface area contributed by atoms with Gasteiger partial charge in [0.15, 0.2) is 0 Å². The van der Waals surface area contributed by atoms with Gasteiger partial charge in [-0.05, 0) is 76.1 Å². The van der Waals surface area contributed by atoms with Gasteiger partial charge in [-0.15, -0.1) is 0 Å². The third-order valence-corrected chi connectivity index (χ3v) is 7.89. The molecule has 1 N–H and O–H groups in total. The molecule has 1 aromatic carbocycles. The van der Waals surface area contributed by atoms with Crippen LogP contribution in [0.15, 0.2) is 18.2 Å². The number of nitrogens with one attached hydrogen (secondary N) is 1. The molecule has 2 bridgehead atoms. The number of halogens is 1. The fourth-order valence-corrected chi connectivity index (χ4v) is 6.39. The van der Waals surface area contributed by atoms with Crippen LogP contribution in [-0.2, 0) is 20.7 Å². The molecule has 3 heterocycles. The lowest BCUT2D eigenvalue weighted by Crippen LogP contribution is -2.59. The van der Waals surface area contributed by atoms with Crippen molar-refractivity contribution in [2.75, 3.05) is 19.6 Å². The number of nitrogens with zero attached hydrogens (tertiary/aromatic N) is 4. The van der Waals surface area contributed by atoms with Crippen LogP contribution in [0, 0.1) is 17.1 Å². The Bertz CT molecular complexity index is 1140. The van der Waals surface area contributed by atoms with Crippen LogP contribution in [0.3, 0.4) is 0 Å². The van der Waals surface area contributed by atoms with E-state index in [0.29, 0.717) is 25.9 Å². The minimum absolute atomic E-state index is 0.00516. The molecule has 0 radical (unpaired) electrons. The van der Waals surface area contributed by atoms with Gasteiger partial charge in [-0.1, -0.05) is 6.07 Å². The van der Waals surface area contributed by atoms with E-state index in [4.69, 9.17) is 4.74 Å². The molecular weight excluding hydrogens is 477 g/mol. The number of benzene rings is 1. The topological polar surface area (TPSA) is 106 Å². The van der Waals surface area contributed by atoms with Crippen molar-refractivity contribution in [2.24, 2.45) is 0 Å². The predicted octanol–water partition coefficient (Wildman–Crippen LogP) is 2.51. The van der Waals surface area contributed by atoms with Crippen molar-refractivity contribution in [3.8, 4) is 6.07 Å². The zero-order chi connectivity index (χ0) is 26.5. The number of piperazine rings is 1. The fraction of sp³-hybridized carbons (Fsp3) is 0.630. The Morgan fingerprint density at radius 3 is 2.76 bits per heavy atom. The number of likely N-dealkylation sites (tertiary alicyclic amines) is 3. The predicted molar refractivity (Wildman–Crippen MR) is 132 cm³/mol. The number of amides is 3. The summed E-state index contributed by atoms with van der Waals surface area (Å²) in [5.74, 6) is -0.573. The van der Waals surface area contributed by atoms with Crippen molar-refractivity contribution in [1.29, 1.82) is 5.26 Å². The summed E-state index contributed by atoms with van der Waals surface area (Å²) in [6.07, 6.45) is 2.82. The molecule has 9 nitrogen and oxygen atoms in total. The van der Waals surface area contributed by atoms with E-state index in [9.17, 15) is 24.0 Å². The average molecular weight is 512 g/mol. The lowest BCUT2D eigenvalue weighted by Gasteiger charge is -2.39. The van der Waals surface area contributed by atoms with Crippen LogP contribution in [0.1, 0.15) is 63.6 Å². The summed E-state index contributed by atoms with van der Waals surface area (Å²) < 4.78 is 19.1. The first kappa shape index (κ1) is 25.5. The summed E-state index contributed by atoms with van der Waals surface area (Å²) in [7, 11) is 0. The van der Waals surface area contributed by atoms with Crippen molar-refractivity contribution < 1.29 is 23.5 Å². The van der Waals surface area contributed by atoms with Crippen molar-refractivity contribution in [2.45, 2.75) is 88.7 Å². The Labute approximate surface area is 216 Å². The van der Waals surface area contributed by atoms with Gasteiger partial charge in [0, 0.05) is 25.7 Å². The molecule has 198 valence electrons. The number of carbonyl (C=O) groups excluding carboxylic acids is 3. The van der Waals surface area contributed by atoms with E-state index < -0.39 is 23.8 Å². The van der Waals surface area contributed by atoms with Crippen molar-refractivity contribution in [3.05, 3.63) is 35.1 Å². The Kier molecular flexibility index (Phi) is 6.61. The van der Waals surface area contributed by atoms with Crippen molar-refractivity contribution in [3.63, 3.8) is 0 Å². The lowest BCUT2D eigenvalue weighted by molar-refractivity contribution is -0.141. The van der Waals surface area contributed by atoms with Gasteiger partial charge in [-0.3, -0.25) is 14.5 Å². The molecule has 3 fully saturated rings. The number of hydrogen-bond donors (Lipinski definition) is 1. The van der Waals surface area contributed by atoms with E-state index in [1.54, 1.807) is 32.9 Å². The third-order valence-electron chi connectivity index (χ3n) is 7.89. The van der Waals surface area contributed by atoms with Gasteiger partial charge in [0.1, 0.15) is 23.5 Å². The maximum Gasteiger partial charge on any atom is 0.408 e. The van der Waals surface area contributed by atoms with Crippen LogP contribution in [0.4, 0.5) is 9.18 Å². The average Bonchev–Trinajstić information content (AvgIpc) is 3.59. The summed E-state index contributed by atoms with van der Waals surface area (Å²) in [4.78, 5) is 45.1. The van der Waals surface area contributed by atoms with Crippen LogP contribution in [0.5, 0.6) is 0 Å². The second kappa shape index (κ2) is 9.60. The van der Waals surface area contributed by atoms with Gasteiger partial charge in [0.05, 0.1) is 18.2 Å². The maximum atomic E-state index is 13.7. The number of alkyl carbamates (subject to hydrolysis) is 1. The summed E-state index contributed by atoms with van der Waals surface area (Å²) in [5.41, 5.74) is 1.25. The zero-order valence-electron chi connectivity index (χ0n) is 21.6. The SMILES string of the molecule is CC(C)(C)OC(=O)N[C@@H](CN1C[C@H]2C[C@@H]1C(=O)N2[C@H]1CCc2cc(F)ccc21)C(=O)N1CCC[C@H]1C#N. The largest absolute Gasteiger partial charge is 0.444 e. The summed E-state index contributed by atoms with van der Waals surface area (Å²) in [6, 6.07) is 5.10.